The van der Waals surface area contributed by atoms with Crippen molar-refractivity contribution in [1.82, 2.24) is 0 Å². The molecule has 0 aliphatic rings. The number of benzene rings is 2. The number of nitrogen functional groups attached to an aromatic ring is 1. The van der Waals surface area contributed by atoms with Crippen molar-refractivity contribution in [2.45, 2.75) is 13.5 Å². The number of nitrogens with one attached hydrogen (secondary N) is 1. The molecule has 0 aliphatic heterocycles. The smallest absolute Gasteiger partial charge is 0.0401 e. The first-order valence-electron chi connectivity index (χ1n) is 5.39. The van der Waals surface area contributed by atoms with E-state index in [9.17, 15) is 0 Å². The third-order valence-corrected chi connectivity index (χ3v) is 2.58. The molecule has 0 aliphatic carbocycles. The van der Waals surface area contributed by atoms with Crippen LogP contribution in [0.4, 0.5) is 11.4 Å². The topological polar surface area (TPSA) is 38.0 Å². The van der Waals surface area contributed by atoms with Crippen LogP contribution in [-0.2, 0) is 6.54 Å². The van der Waals surface area contributed by atoms with Crippen LogP contribution in [0.15, 0.2) is 48.5 Å². The van der Waals surface area contributed by atoms with E-state index in [2.05, 4.69) is 30.4 Å². The molecule has 0 spiro atoms. The highest BCUT2D eigenvalue weighted by Crippen LogP contribution is 2.15. The first-order chi connectivity index (χ1) is 7.75. The molecule has 16 heavy (non-hydrogen) atoms. The molecule has 2 rings (SSSR count). The maximum absolute atomic E-state index is 5.73. The SMILES string of the molecule is Cc1ccccc1NCc1cccc(N)c1. The fourth-order valence-corrected chi connectivity index (χ4v) is 1.67. The molecule has 0 aromatic heterocycles. The van der Waals surface area contributed by atoms with Crippen LogP contribution in [0.3, 0.4) is 0 Å². The summed E-state index contributed by atoms with van der Waals surface area (Å²) in [5.41, 5.74) is 10.2. The van der Waals surface area contributed by atoms with Crippen LogP contribution in [0.1, 0.15) is 11.1 Å². The lowest BCUT2D eigenvalue weighted by atomic mass is 10.1. The molecule has 0 atom stereocenters. The van der Waals surface area contributed by atoms with Crippen molar-refractivity contribution in [3.05, 3.63) is 59.7 Å². The van der Waals surface area contributed by atoms with Gasteiger partial charge in [-0.15, -0.1) is 0 Å². The predicted octanol–water partition coefficient (Wildman–Crippen LogP) is 3.19. The van der Waals surface area contributed by atoms with Gasteiger partial charge in [-0.25, -0.2) is 0 Å². The Hall–Kier alpha value is -1.96. The molecule has 0 heterocycles. The Labute approximate surface area is 96.1 Å². The van der Waals surface area contributed by atoms with E-state index in [1.54, 1.807) is 0 Å². The van der Waals surface area contributed by atoms with E-state index < -0.39 is 0 Å². The van der Waals surface area contributed by atoms with Crippen molar-refractivity contribution in [3.63, 3.8) is 0 Å². The highest BCUT2D eigenvalue weighted by atomic mass is 14.9. The Morgan fingerprint density at radius 1 is 1.06 bits per heavy atom. The molecule has 2 aromatic rings. The van der Waals surface area contributed by atoms with Crippen molar-refractivity contribution in [2.75, 3.05) is 11.1 Å². The van der Waals surface area contributed by atoms with E-state index in [4.69, 9.17) is 5.73 Å². The van der Waals surface area contributed by atoms with E-state index in [0.717, 1.165) is 12.2 Å². The summed E-state index contributed by atoms with van der Waals surface area (Å²) in [6, 6.07) is 16.2. The molecular formula is C14H16N2. The maximum Gasteiger partial charge on any atom is 0.0401 e. The number of hydrogen-bond acceptors (Lipinski definition) is 2. The van der Waals surface area contributed by atoms with Crippen LogP contribution in [0.2, 0.25) is 0 Å². The molecule has 0 saturated heterocycles. The van der Waals surface area contributed by atoms with Gasteiger partial charge in [0, 0.05) is 17.9 Å². The highest BCUT2D eigenvalue weighted by Gasteiger charge is 1.97. The summed E-state index contributed by atoms with van der Waals surface area (Å²) < 4.78 is 0. The number of rotatable bonds is 3. The van der Waals surface area contributed by atoms with Gasteiger partial charge < -0.3 is 11.1 Å². The van der Waals surface area contributed by atoms with E-state index in [1.807, 2.05) is 30.3 Å². The van der Waals surface area contributed by atoms with Crippen LogP contribution in [0, 0.1) is 6.92 Å². The highest BCUT2D eigenvalue weighted by molar-refractivity contribution is 5.51. The number of anilines is 2. The minimum atomic E-state index is 0.801. The standard InChI is InChI=1S/C14H16N2/c1-11-5-2-3-8-14(11)16-10-12-6-4-7-13(15)9-12/h2-9,16H,10,15H2,1H3. The first-order valence-corrected chi connectivity index (χ1v) is 5.39. The van der Waals surface area contributed by atoms with E-state index in [-0.39, 0.29) is 0 Å². The van der Waals surface area contributed by atoms with Gasteiger partial charge in [0.05, 0.1) is 0 Å². The van der Waals surface area contributed by atoms with Gasteiger partial charge in [-0.3, -0.25) is 0 Å². The summed E-state index contributed by atoms with van der Waals surface area (Å²) in [4.78, 5) is 0. The summed E-state index contributed by atoms with van der Waals surface area (Å²) >= 11 is 0. The van der Waals surface area contributed by atoms with Crippen LogP contribution in [-0.4, -0.2) is 0 Å². The van der Waals surface area contributed by atoms with Gasteiger partial charge in [-0.2, -0.15) is 0 Å². The maximum atomic E-state index is 5.73. The zero-order valence-corrected chi connectivity index (χ0v) is 9.40. The third-order valence-electron chi connectivity index (χ3n) is 2.58. The summed E-state index contributed by atoms with van der Waals surface area (Å²) in [6.07, 6.45) is 0. The molecule has 0 bridgehead atoms. The molecule has 2 aromatic carbocycles. The Morgan fingerprint density at radius 3 is 2.62 bits per heavy atom. The van der Waals surface area contributed by atoms with Gasteiger partial charge in [-0.1, -0.05) is 30.3 Å². The number of hydrogen-bond donors (Lipinski definition) is 2. The lowest BCUT2D eigenvalue weighted by Gasteiger charge is -2.09. The molecule has 2 nitrogen and oxygen atoms in total. The quantitative estimate of drug-likeness (QED) is 0.767. The Bertz CT molecular complexity index is 478. The predicted molar refractivity (Wildman–Crippen MR) is 69.4 cm³/mol. The Morgan fingerprint density at radius 2 is 1.88 bits per heavy atom. The van der Waals surface area contributed by atoms with Gasteiger partial charge in [0.25, 0.3) is 0 Å². The number of aryl methyl sites for hydroxylation is 1. The molecule has 3 N–H and O–H groups in total. The van der Waals surface area contributed by atoms with Crippen molar-refractivity contribution in [1.29, 1.82) is 0 Å². The minimum Gasteiger partial charge on any atom is -0.399 e. The molecular weight excluding hydrogens is 196 g/mol. The zero-order valence-electron chi connectivity index (χ0n) is 9.40. The Balaban J connectivity index is 2.05. The van der Waals surface area contributed by atoms with E-state index in [1.165, 1.54) is 16.8 Å². The van der Waals surface area contributed by atoms with Gasteiger partial charge in [0.15, 0.2) is 0 Å². The minimum absolute atomic E-state index is 0.801. The molecule has 0 amide bonds. The molecule has 0 unspecified atom stereocenters. The average Bonchev–Trinajstić information content (AvgIpc) is 2.28. The lowest BCUT2D eigenvalue weighted by molar-refractivity contribution is 1.14. The molecule has 82 valence electrons. The first kappa shape index (κ1) is 10.6. The summed E-state index contributed by atoms with van der Waals surface area (Å²) in [6.45, 7) is 2.90. The normalized spacial score (nSPS) is 10.1. The van der Waals surface area contributed by atoms with Crippen LogP contribution >= 0.6 is 0 Å². The second-order valence-electron chi connectivity index (χ2n) is 3.91. The monoisotopic (exact) mass is 212 g/mol. The summed E-state index contributed by atoms with van der Waals surface area (Å²) in [5, 5.41) is 3.40. The number of para-hydroxylation sites is 1. The molecule has 0 saturated carbocycles. The van der Waals surface area contributed by atoms with Gasteiger partial charge in [-0.05, 0) is 36.2 Å². The van der Waals surface area contributed by atoms with Crippen molar-refractivity contribution < 1.29 is 0 Å². The summed E-state index contributed by atoms with van der Waals surface area (Å²) in [5.74, 6) is 0. The summed E-state index contributed by atoms with van der Waals surface area (Å²) in [7, 11) is 0. The largest absolute Gasteiger partial charge is 0.399 e. The third kappa shape index (κ3) is 2.54. The fraction of sp³-hybridized carbons (Fsp3) is 0.143. The van der Waals surface area contributed by atoms with Gasteiger partial charge >= 0.3 is 0 Å². The van der Waals surface area contributed by atoms with Crippen LogP contribution < -0.4 is 11.1 Å². The zero-order chi connectivity index (χ0) is 11.4. The van der Waals surface area contributed by atoms with Crippen LogP contribution in [0.5, 0.6) is 0 Å². The van der Waals surface area contributed by atoms with E-state index in [0.29, 0.717) is 0 Å². The average molecular weight is 212 g/mol. The second-order valence-corrected chi connectivity index (χ2v) is 3.91. The number of nitrogens with two attached hydrogens (primary N) is 1. The lowest BCUT2D eigenvalue weighted by Crippen LogP contribution is -2.01. The molecule has 2 heteroatoms. The van der Waals surface area contributed by atoms with Crippen molar-refractivity contribution in [2.24, 2.45) is 0 Å². The van der Waals surface area contributed by atoms with E-state index >= 15 is 0 Å². The fourth-order valence-electron chi connectivity index (χ4n) is 1.67. The Kier molecular flexibility index (Phi) is 3.10. The van der Waals surface area contributed by atoms with Crippen molar-refractivity contribution in [3.8, 4) is 0 Å². The van der Waals surface area contributed by atoms with Crippen LogP contribution in [0.25, 0.3) is 0 Å². The van der Waals surface area contributed by atoms with Gasteiger partial charge in [0.2, 0.25) is 0 Å². The van der Waals surface area contributed by atoms with Gasteiger partial charge in [0.1, 0.15) is 0 Å². The molecule has 0 radical (unpaired) electrons. The second kappa shape index (κ2) is 4.71. The van der Waals surface area contributed by atoms with Crippen molar-refractivity contribution >= 4 is 11.4 Å². The molecule has 0 fully saturated rings.